The van der Waals surface area contributed by atoms with Gasteiger partial charge in [-0.2, -0.15) is 0 Å². The average molecular weight is 390 g/mol. The number of rotatable bonds is 7. The number of nitrogens with one attached hydrogen (secondary N) is 2. The summed E-state index contributed by atoms with van der Waals surface area (Å²) in [6.07, 6.45) is 4.87. The highest BCUT2D eigenvalue weighted by molar-refractivity contribution is 5.89. The first kappa shape index (κ1) is 19.2. The van der Waals surface area contributed by atoms with Crippen LogP contribution in [-0.4, -0.2) is 25.4 Å². The molecule has 0 aliphatic rings. The van der Waals surface area contributed by atoms with Gasteiger partial charge in [0.1, 0.15) is 11.3 Å². The van der Waals surface area contributed by atoms with E-state index in [0.717, 1.165) is 46.4 Å². The minimum atomic E-state index is -0.151. The van der Waals surface area contributed by atoms with Crippen LogP contribution in [0.4, 0.5) is 0 Å². The SMILES string of the molecule is CCn1c([C@@H](CC(C)C)NC(=O)Cc2c[nH]c3ccccc23)nc2cccnc21. The van der Waals surface area contributed by atoms with Crippen molar-refractivity contribution in [3.8, 4) is 0 Å². The summed E-state index contributed by atoms with van der Waals surface area (Å²) in [6.45, 7) is 7.17. The Morgan fingerprint density at radius 3 is 2.83 bits per heavy atom. The summed E-state index contributed by atoms with van der Waals surface area (Å²) in [4.78, 5) is 25.5. The summed E-state index contributed by atoms with van der Waals surface area (Å²) in [5.41, 5.74) is 3.79. The van der Waals surface area contributed by atoms with E-state index in [-0.39, 0.29) is 11.9 Å². The van der Waals surface area contributed by atoms with Crippen molar-refractivity contribution < 1.29 is 4.79 Å². The lowest BCUT2D eigenvalue weighted by Gasteiger charge is -2.21. The third-order valence-electron chi connectivity index (χ3n) is 5.23. The molecule has 0 aliphatic carbocycles. The number of pyridine rings is 1. The van der Waals surface area contributed by atoms with E-state index in [1.54, 1.807) is 6.20 Å². The van der Waals surface area contributed by atoms with Crippen LogP contribution >= 0.6 is 0 Å². The molecule has 0 fully saturated rings. The number of H-pyrrole nitrogens is 1. The van der Waals surface area contributed by atoms with Crippen molar-refractivity contribution in [2.45, 2.75) is 46.2 Å². The van der Waals surface area contributed by atoms with Crippen LogP contribution in [0.15, 0.2) is 48.8 Å². The molecule has 0 saturated carbocycles. The van der Waals surface area contributed by atoms with Gasteiger partial charge in [0.2, 0.25) is 5.91 Å². The number of aryl methyl sites for hydroxylation is 1. The molecule has 150 valence electrons. The normalized spacial score (nSPS) is 12.7. The van der Waals surface area contributed by atoms with Crippen LogP contribution < -0.4 is 5.32 Å². The fourth-order valence-electron chi connectivity index (χ4n) is 3.95. The van der Waals surface area contributed by atoms with E-state index < -0.39 is 0 Å². The minimum Gasteiger partial charge on any atom is -0.361 e. The van der Waals surface area contributed by atoms with Crippen LogP contribution in [0.1, 0.15) is 44.6 Å². The van der Waals surface area contributed by atoms with Crippen molar-refractivity contribution in [3.63, 3.8) is 0 Å². The third kappa shape index (κ3) is 3.88. The highest BCUT2D eigenvalue weighted by Crippen LogP contribution is 2.25. The zero-order valence-electron chi connectivity index (χ0n) is 17.1. The zero-order chi connectivity index (χ0) is 20.4. The summed E-state index contributed by atoms with van der Waals surface area (Å²) < 4.78 is 2.11. The van der Waals surface area contributed by atoms with Crippen LogP contribution in [0.25, 0.3) is 22.1 Å². The summed E-state index contributed by atoms with van der Waals surface area (Å²) in [5.74, 6) is 1.30. The van der Waals surface area contributed by atoms with Gasteiger partial charge < -0.3 is 14.9 Å². The van der Waals surface area contributed by atoms with Gasteiger partial charge in [-0.25, -0.2) is 9.97 Å². The maximum Gasteiger partial charge on any atom is 0.225 e. The topological polar surface area (TPSA) is 75.6 Å². The van der Waals surface area contributed by atoms with Crippen molar-refractivity contribution in [2.75, 3.05) is 0 Å². The van der Waals surface area contributed by atoms with Gasteiger partial charge in [-0.3, -0.25) is 4.79 Å². The summed E-state index contributed by atoms with van der Waals surface area (Å²) in [7, 11) is 0. The molecular formula is C23H27N5O. The fraction of sp³-hybridized carbons (Fsp3) is 0.348. The van der Waals surface area contributed by atoms with Gasteiger partial charge in [0.25, 0.3) is 0 Å². The van der Waals surface area contributed by atoms with Crippen molar-refractivity contribution in [1.29, 1.82) is 0 Å². The van der Waals surface area contributed by atoms with Gasteiger partial charge in [-0.05, 0) is 43.0 Å². The summed E-state index contributed by atoms with van der Waals surface area (Å²) >= 11 is 0. The quantitative estimate of drug-likeness (QED) is 0.492. The second-order valence-electron chi connectivity index (χ2n) is 7.85. The molecule has 3 heterocycles. The number of aromatic amines is 1. The number of carbonyl (C=O) groups is 1. The summed E-state index contributed by atoms with van der Waals surface area (Å²) in [5, 5.41) is 4.33. The van der Waals surface area contributed by atoms with Crippen molar-refractivity contribution in [1.82, 2.24) is 24.8 Å². The first-order valence-corrected chi connectivity index (χ1v) is 10.2. The maximum absolute atomic E-state index is 13.0. The lowest BCUT2D eigenvalue weighted by Crippen LogP contribution is -2.32. The smallest absolute Gasteiger partial charge is 0.225 e. The van der Waals surface area contributed by atoms with E-state index in [4.69, 9.17) is 4.98 Å². The molecule has 1 amide bonds. The van der Waals surface area contributed by atoms with Crippen molar-refractivity contribution in [3.05, 3.63) is 60.2 Å². The molecule has 6 heteroatoms. The second-order valence-corrected chi connectivity index (χ2v) is 7.85. The second kappa shape index (κ2) is 8.07. The fourth-order valence-corrected chi connectivity index (χ4v) is 3.95. The number of para-hydroxylation sites is 1. The Bertz CT molecular complexity index is 1140. The van der Waals surface area contributed by atoms with Crippen LogP contribution in [0.2, 0.25) is 0 Å². The van der Waals surface area contributed by atoms with Crippen LogP contribution in [0.5, 0.6) is 0 Å². The zero-order valence-corrected chi connectivity index (χ0v) is 17.1. The number of benzene rings is 1. The van der Waals surface area contributed by atoms with Crippen LogP contribution in [0.3, 0.4) is 0 Å². The van der Waals surface area contributed by atoms with E-state index in [9.17, 15) is 4.79 Å². The molecule has 6 nitrogen and oxygen atoms in total. The predicted molar refractivity (Wildman–Crippen MR) is 116 cm³/mol. The predicted octanol–water partition coefficient (Wildman–Crippen LogP) is 4.38. The monoisotopic (exact) mass is 389 g/mol. The minimum absolute atomic E-state index is 0.00284. The van der Waals surface area contributed by atoms with Crippen molar-refractivity contribution >= 4 is 28.0 Å². The van der Waals surface area contributed by atoms with E-state index in [1.165, 1.54) is 0 Å². The number of amides is 1. The Labute approximate surface area is 170 Å². The van der Waals surface area contributed by atoms with Gasteiger partial charge in [0.05, 0.1) is 12.5 Å². The molecule has 2 N–H and O–H groups in total. The Morgan fingerprint density at radius 2 is 2.03 bits per heavy atom. The van der Waals surface area contributed by atoms with Gasteiger partial charge in [0.15, 0.2) is 5.65 Å². The van der Waals surface area contributed by atoms with Crippen LogP contribution in [-0.2, 0) is 17.8 Å². The van der Waals surface area contributed by atoms with E-state index in [0.29, 0.717) is 12.3 Å². The molecule has 29 heavy (non-hydrogen) atoms. The number of hydrogen-bond donors (Lipinski definition) is 2. The largest absolute Gasteiger partial charge is 0.361 e. The maximum atomic E-state index is 13.0. The molecule has 4 rings (SSSR count). The van der Waals surface area contributed by atoms with E-state index in [1.807, 2.05) is 42.6 Å². The Kier molecular flexibility index (Phi) is 5.34. The Morgan fingerprint density at radius 1 is 1.21 bits per heavy atom. The molecule has 0 aliphatic heterocycles. The molecule has 3 aromatic heterocycles. The highest BCUT2D eigenvalue weighted by Gasteiger charge is 2.23. The third-order valence-corrected chi connectivity index (χ3v) is 5.23. The van der Waals surface area contributed by atoms with Crippen molar-refractivity contribution in [2.24, 2.45) is 5.92 Å². The number of nitrogens with zero attached hydrogens (tertiary/aromatic N) is 3. The molecule has 0 spiro atoms. The van der Waals surface area contributed by atoms with Gasteiger partial charge in [0, 0.05) is 29.8 Å². The standard InChI is InChI=1S/C23H27N5O/c1-4-28-22-19(10-7-11-24-22)27-23(28)20(12-15(2)3)26-21(29)13-16-14-25-18-9-6-5-8-17(16)18/h5-11,14-15,20,25H,4,12-13H2,1-3H3,(H,26,29)/t20-/m1/s1. The van der Waals surface area contributed by atoms with Gasteiger partial charge >= 0.3 is 0 Å². The molecule has 0 radical (unpaired) electrons. The molecule has 1 aromatic carbocycles. The van der Waals surface area contributed by atoms with E-state index in [2.05, 4.69) is 40.6 Å². The Hall–Kier alpha value is -3.15. The first-order chi connectivity index (χ1) is 14.1. The number of fused-ring (bicyclic) bond motifs is 2. The number of imidazole rings is 1. The molecule has 0 saturated heterocycles. The number of hydrogen-bond acceptors (Lipinski definition) is 3. The van der Waals surface area contributed by atoms with Crippen LogP contribution in [0, 0.1) is 5.92 Å². The molecule has 1 atom stereocenters. The van der Waals surface area contributed by atoms with Gasteiger partial charge in [-0.1, -0.05) is 32.0 Å². The Balaban J connectivity index is 1.61. The van der Waals surface area contributed by atoms with E-state index >= 15 is 0 Å². The average Bonchev–Trinajstić information content (AvgIpc) is 3.28. The lowest BCUT2D eigenvalue weighted by molar-refractivity contribution is -0.121. The molecular weight excluding hydrogens is 362 g/mol. The van der Waals surface area contributed by atoms with Gasteiger partial charge in [-0.15, -0.1) is 0 Å². The molecule has 0 unspecified atom stereocenters. The lowest BCUT2D eigenvalue weighted by atomic mass is 10.0. The summed E-state index contributed by atoms with van der Waals surface area (Å²) in [6, 6.07) is 11.8. The number of aromatic nitrogens is 4. The molecule has 4 aromatic rings. The first-order valence-electron chi connectivity index (χ1n) is 10.2. The highest BCUT2D eigenvalue weighted by atomic mass is 16.1. The molecule has 0 bridgehead atoms. The number of carbonyl (C=O) groups excluding carboxylic acids is 1.